The fourth-order valence-electron chi connectivity index (χ4n) is 2.58. The van der Waals surface area contributed by atoms with Crippen LogP contribution in [0.4, 0.5) is 0 Å². The molecule has 1 heterocycles. The van der Waals surface area contributed by atoms with Gasteiger partial charge in [0.05, 0.1) is 24.9 Å². The third-order valence-corrected chi connectivity index (χ3v) is 4.06. The molecule has 0 bridgehead atoms. The van der Waals surface area contributed by atoms with Gasteiger partial charge in [-0.05, 0) is 38.5 Å². The molecule has 6 nitrogen and oxygen atoms in total. The van der Waals surface area contributed by atoms with Crippen LogP contribution in [-0.2, 0) is 11.3 Å². The molecular weight excluding hydrogens is 306 g/mol. The highest BCUT2D eigenvalue weighted by Gasteiger charge is 2.27. The fourth-order valence-corrected chi connectivity index (χ4v) is 2.58. The van der Waals surface area contributed by atoms with E-state index in [0.29, 0.717) is 18.7 Å². The Morgan fingerprint density at radius 2 is 2.08 bits per heavy atom. The topological polar surface area (TPSA) is 64.4 Å². The van der Waals surface area contributed by atoms with Gasteiger partial charge in [-0.15, -0.1) is 0 Å². The lowest BCUT2D eigenvalue weighted by molar-refractivity contribution is -0.128. The van der Waals surface area contributed by atoms with Crippen LogP contribution in [0.3, 0.4) is 0 Å². The molecule has 1 amide bonds. The van der Waals surface area contributed by atoms with Gasteiger partial charge in [-0.3, -0.25) is 14.3 Å². The standard InChI is InChI=1S/C18H23N3O3/c1-5-20-12-15(11-19-20)17(22)18(23)21(6-2)13(3)14-8-7-9-16(10-14)24-4/h7-13H,5-6H2,1-4H3/t13-/m0/s1. The lowest BCUT2D eigenvalue weighted by Crippen LogP contribution is -2.38. The second-order valence-electron chi connectivity index (χ2n) is 5.46. The van der Waals surface area contributed by atoms with Crippen LogP contribution in [0.5, 0.6) is 5.75 Å². The first-order valence-corrected chi connectivity index (χ1v) is 8.03. The van der Waals surface area contributed by atoms with E-state index >= 15 is 0 Å². The Morgan fingerprint density at radius 1 is 1.33 bits per heavy atom. The maximum atomic E-state index is 12.6. The Labute approximate surface area is 142 Å². The first-order chi connectivity index (χ1) is 11.5. The molecular formula is C18H23N3O3. The Kier molecular flexibility index (Phi) is 5.73. The van der Waals surface area contributed by atoms with Gasteiger partial charge < -0.3 is 9.64 Å². The first kappa shape index (κ1) is 17.7. The molecule has 0 saturated carbocycles. The highest BCUT2D eigenvalue weighted by molar-refractivity contribution is 6.42. The summed E-state index contributed by atoms with van der Waals surface area (Å²) in [6, 6.07) is 7.28. The number of rotatable bonds is 7. The molecule has 1 aromatic carbocycles. The number of carbonyl (C=O) groups is 2. The number of ether oxygens (including phenoxy) is 1. The summed E-state index contributed by atoms with van der Waals surface area (Å²) in [5.41, 5.74) is 1.24. The molecule has 128 valence electrons. The van der Waals surface area contributed by atoms with Crippen molar-refractivity contribution in [2.24, 2.45) is 0 Å². The Bertz CT molecular complexity index is 724. The molecule has 0 spiro atoms. The van der Waals surface area contributed by atoms with Gasteiger partial charge in [-0.25, -0.2) is 0 Å². The average molecular weight is 329 g/mol. The van der Waals surface area contributed by atoms with E-state index < -0.39 is 11.7 Å². The molecule has 6 heteroatoms. The van der Waals surface area contributed by atoms with Crippen molar-refractivity contribution in [2.45, 2.75) is 33.4 Å². The zero-order valence-electron chi connectivity index (χ0n) is 14.5. The number of benzene rings is 1. The van der Waals surface area contributed by atoms with Gasteiger partial charge in [0.1, 0.15) is 5.75 Å². The molecule has 2 aromatic rings. The summed E-state index contributed by atoms with van der Waals surface area (Å²) in [6.45, 7) is 6.77. The normalized spacial score (nSPS) is 11.8. The van der Waals surface area contributed by atoms with Gasteiger partial charge >= 0.3 is 0 Å². The Morgan fingerprint density at radius 3 is 2.67 bits per heavy atom. The van der Waals surface area contributed by atoms with Crippen molar-refractivity contribution in [1.29, 1.82) is 0 Å². The van der Waals surface area contributed by atoms with E-state index in [1.165, 1.54) is 6.20 Å². The minimum absolute atomic E-state index is 0.234. The monoisotopic (exact) mass is 329 g/mol. The molecule has 0 unspecified atom stereocenters. The third-order valence-electron chi connectivity index (χ3n) is 4.06. The van der Waals surface area contributed by atoms with Crippen molar-refractivity contribution in [3.8, 4) is 5.75 Å². The molecule has 0 radical (unpaired) electrons. The zero-order valence-corrected chi connectivity index (χ0v) is 14.5. The summed E-state index contributed by atoms with van der Waals surface area (Å²) in [4.78, 5) is 26.7. The minimum atomic E-state index is -0.536. The average Bonchev–Trinajstić information content (AvgIpc) is 3.10. The summed E-state index contributed by atoms with van der Waals surface area (Å²) in [6.07, 6.45) is 3.04. The Balaban J connectivity index is 2.22. The maximum absolute atomic E-state index is 12.6. The predicted molar refractivity (Wildman–Crippen MR) is 91.0 cm³/mol. The number of amides is 1. The van der Waals surface area contributed by atoms with Crippen LogP contribution < -0.4 is 4.74 Å². The van der Waals surface area contributed by atoms with Crippen molar-refractivity contribution in [2.75, 3.05) is 13.7 Å². The Hall–Kier alpha value is -2.63. The first-order valence-electron chi connectivity index (χ1n) is 8.03. The largest absolute Gasteiger partial charge is 0.497 e. The minimum Gasteiger partial charge on any atom is -0.497 e. The highest BCUT2D eigenvalue weighted by atomic mass is 16.5. The van der Waals surface area contributed by atoms with Crippen LogP contribution in [-0.4, -0.2) is 40.0 Å². The lowest BCUT2D eigenvalue weighted by Gasteiger charge is -2.27. The number of hydrogen-bond donors (Lipinski definition) is 0. The van der Waals surface area contributed by atoms with Crippen LogP contribution in [0.1, 0.15) is 42.7 Å². The van der Waals surface area contributed by atoms with E-state index in [1.807, 2.05) is 45.0 Å². The number of hydrogen-bond acceptors (Lipinski definition) is 4. The van der Waals surface area contributed by atoms with E-state index in [2.05, 4.69) is 5.10 Å². The summed E-state index contributed by atoms with van der Waals surface area (Å²) in [5, 5.41) is 4.06. The molecule has 2 rings (SSSR count). The van der Waals surface area contributed by atoms with Crippen LogP contribution in [0.2, 0.25) is 0 Å². The molecule has 1 aromatic heterocycles. The van der Waals surface area contributed by atoms with Crippen LogP contribution in [0.25, 0.3) is 0 Å². The summed E-state index contributed by atoms with van der Waals surface area (Å²) >= 11 is 0. The van der Waals surface area contributed by atoms with Gasteiger partial charge in [-0.2, -0.15) is 5.10 Å². The lowest BCUT2D eigenvalue weighted by atomic mass is 10.1. The summed E-state index contributed by atoms with van der Waals surface area (Å²) in [7, 11) is 1.60. The molecule has 1 atom stereocenters. The van der Waals surface area contributed by atoms with Gasteiger partial charge in [0, 0.05) is 19.3 Å². The van der Waals surface area contributed by atoms with Crippen LogP contribution in [0, 0.1) is 0 Å². The van der Waals surface area contributed by atoms with Gasteiger partial charge in [0.25, 0.3) is 11.7 Å². The van der Waals surface area contributed by atoms with Gasteiger partial charge in [0.2, 0.25) is 0 Å². The van der Waals surface area contributed by atoms with Gasteiger partial charge in [-0.1, -0.05) is 12.1 Å². The van der Waals surface area contributed by atoms with Crippen molar-refractivity contribution in [1.82, 2.24) is 14.7 Å². The molecule has 0 aliphatic carbocycles. The van der Waals surface area contributed by atoms with Crippen molar-refractivity contribution in [3.05, 3.63) is 47.8 Å². The van der Waals surface area contributed by atoms with E-state index in [1.54, 1.807) is 22.9 Å². The van der Waals surface area contributed by atoms with E-state index in [9.17, 15) is 9.59 Å². The molecule has 0 fully saturated rings. The maximum Gasteiger partial charge on any atom is 0.295 e. The van der Waals surface area contributed by atoms with Crippen LogP contribution in [0.15, 0.2) is 36.7 Å². The predicted octanol–water partition coefficient (Wildman–Crippen LogP) is 2.70. The van der Waals surface area contributed by atoms with Crippen molar-refractivity contribution in [3.63, 3.8) is 0 Å². The summed E-state index contributed by atoms with van der Waals surface area (Å²) in [5.74, 6) is -0.340. The van der Waals surface area contributed by atoms with E-state index in [0.717, 1.165) is 11.3 Å². The summed E-state index contributed by atoms with van der Waals surface area (Å²) < 4.78 is 6.86. The quantitative estimate of drug-likeness (QED) is 0.579. The number of nitrogens with zero attached hydrogens (tertiary/aromatic N) is 3. The van der Waals surface area contributed by atoms with Crippen molar-refractivity contribution < 1.29 is 14.3 Å². The second kappa shape index (κ2) is 7.77. The number of carbonyl (C=O) groups excluding carboxylic acids is 2. The fraction of sp³-hybridized carbons (Fsp3) is 0.389. The molecule has 24 heavy (non-hydrogen) atoms. The number of ketones is 1. The highest BCUT2D eigenvalue weighted by Crippen LogP contribution is 2.24. The second-order valence-corrected chi connectivity index (χ2v) is 5.46. The number of aromatic nitrogens is 2. The number of Topliss-reactive ketones (excluding diaryl/α,β-unsaturated/α-hetero) is 1. The molecule has 0 aliphatic heterocycles. The van der Waals surface area contributed by atoms with Crippen LogP contribution >= 0.6 is 0 Å². The smallest absolute Gasteiger partial charge is 0.295 e. The van der Waals surface area contributed by atoms with Gasteiger partial charge in [0.15, 0.2) is 0 Å². The van der Waals surface area contributed by atoms with E-state index in [4.69, 9.17) is 4.74 Å². The zero-order chi connectivity index (χ0) is 17.7. The SMILES string of the molecule is CCN(C(=O)C(=O)c1cnn(CC)c1)[C@@H](C)c1cccc(OC)c1. The molecule has 0 saturated heterocycles. The molecule has 0 N–H and O–H groups in total. The number of aryl methyl sites for hydroxylation is 1. The number of methoxy groups -OCH3 is 1. The molecule has 0 aliphatic rings. The van der Waals surface area contributed by atoms with Crippen molar-refractivity contribution >= 4 is 11.7 Å². The van der Waals surface area contributed by atoms with E-state index in [-0.39, 0.29) is 6.04 Å². The third kappa shape index (κ3) is 3.64. The number of likely N-dealkylation sites (N-methyl/N-ethyl adjacent to an activating group) is 1.